The normalized spacial score (nSPS) is 14.3. The third kappa shape index (κ3) is 6.98. The molecule has 0 aliphatic carbocycles. The molecule has 0 atom stereocenters. The highest BCUT2D eigenvalue weighted by Gasteiger charge is 2.12. The number of piperidine rings is 1. The molecule has 1 saturated heterocycles. The van der Waals surface area contributed by atoms with Gasteiger partial charge in [-0.15, -0.1) is 0 Å². The van der Waals surface area contributed by atoms with Gasteiger partial charge in [-0.2, -0.15) is 0 Å². The number of nitrogens with zero attached hydrogens (tertiary/aromatic N) is 3. The first kappa shape index (κ1) is 22.6. The van der Waals surface area contributed by atoms with Crippen molar-refractivity contribution in [1.29, 1.82) is 0 Å². The van der Waals surface area contributed by atoms with Crippen LogP contribution in [0.25, 0.3) is 0 Å². The Kier molecular flexibility index (Phi) is 8.70. The fourth-order valence-electron chi connectivity index (χ4n) is 3.70. The van der Waals surface area contributed by atoms with E-state index in [-0.39, 0.29) is 5.91 Å². The van der Waals surface area contributed by atoms with E-state index in [1.165, 1.54) is 19.3 Å². The predicted molar refractivity (Wildman–Crippen MR) is 127 cm³/mol. The number of benzene rings is 1. The third-order valence-corrected chi connectivity index (χ3v) is 5.38. The minimum Gasteiger partial charge on any atom is -0.357 e. The first-order chi connectivity index (χ1) is 15.2. The standard InChI is InChI=1S/C24H34N6O/c1-3-26-24(28-13-10-19-8-7-9-21(16-19)23(31)25-2)29-18-20-11-12-27-22(17-20)30-14-5-4-6-15-30/h7-9,11-12,16-17H,3-6,10,13-15,18H2,1-2H3,(H,25,31)(H2,26,28,29). The van der Waals surface area contributed by atoms with Crippen LogP contribution >= 0.6 is 0 Å². The summed E-state index contributed by atoms with van der Waals surface area (Å²) in [4.78, 5) is 23.5. The van der Waals surface area contributed by atoms with Crippen molar-refractivity contribution < 1.29 is 4.79 Å². The zero-order chi connectivity index (χ0) is 21.9. The van der Waals surface area contributed by atoms with E-state index >= 15 is 0 Å². The molecule has 1 aliphatic rings. The van der Waals surface area contributed by atoms with Crippen LogP contribution in [0.1, 0.15) is 47.7 Å². The molecule has 166 valence electrons. The summed E-state index contributed by atoms with van der Waals surface area (Å²) in [5.41, 5.74) is 2.96. The van der Waals surface area contributed by atoms with Crippen LogP contribution in [-0.2, 0) is 13.0 Å². The van der Waals surface area contributed by atoms with Gasteiger partial charge in [-0.25, -0.2) is 9.98 Å². The summed E-state index contributed by atoms with van der Waals surface area (Å²) in [5, 5.41) is 9.36. The maximum atomic E-state index is 11.8. The molecular formula is C24H34N6O. The summed E-state index contributed by atoms with van der Waals surface area (Å²) in [6.07, 6.45) is 6.49. The summed E-state index contributed by atoms with van der Waals surface area (Å²) >= 11 is 0. The van der Waals surface area contributed by atoms with Crippen molar-refractivity contribution in [2.24, 2.45) is 4.99 Å². The second kappa shape index (κ2) is 11.9. The van der Waals surface area contributed by atoms with E-state index in [4.69, 9.17) is 4.99 Å². The SMILES string of the molecule is CCNC(=NCc1ccnc(N2CCCCC2)c1)NCCc1cccc(C(=O)NC)c1. The first-order valence-electron chi connectivity index (χ1n) is 11.2. The Morgan fingerprint density at radius 3 is 2.71 bits per heavy atom. The Morgan fingerprint density at radius 2 is 1.94 bits per heavy atom. The van der Waals surface area contributed by atoms with E-state index in [9.17, 15) is 4.79 Å². The van der Waals surface area contributed by atoms with Crippen molar-refractivity contribution in [3.63, 3.8) is 0 Å². The molecule has 1 aliphatic heterocycles. The summed E-state index contributed by atoms with van der Waals surface area (Å²) < 4.78 is 0. The molecule has 1 fully saturated rings. The van der Waals surface area contributed by atoms with Crippen LogP contribution in [0.5, 0.6) is 0 Å². The van der Waals surface area contributed by atoms with Crippen LogP contribution in [0.2, 0.25) is 0 Å². The Balaban J connectivity index is 1.56. The Morgan fingerprint density at radius 1 is 1.10 bits per heavy atom. The van der Waals surface area contributed by atoms with E-state index in [0.29, 0.717) is 12.1 Å². The van der Waals surface area contributed by atoms with Crippen molar-refractivity contribution in [2.45, 2.75) is 39.2 Å². The van der Waals surface area contributed by atoms with Crippen molar-refractivity contribution in [2.75, 3.05) is 38.1 Å². The molecule has 31 heavy (non-hydrogen) atoms. The number of guanidine groups is 1. The minimum atomic E-state index is -0.0639. The fourth-order valence-corrected chi connectivity index (χ4v) is 3.70. The summed E-state index contributed by atoms with van der Waals surface area (Å²) in [6, 6.07) is 11.9. The smallest absolute Gasteiger partial charge is 0.251 e. The van der Waals surface area contributed by atoms with Gasteiger partial charge in [0.2, 0.25) is 0 Å². The van der Waals surface area contributed by atoms with Crippen LogP contribution < -0.4 is 20.9 Å². The molecule has 7 heteroatoms. The van der Waals surface area contributed by atoms with Gasteiger partial charge in [0.1, 0.15) is 5.82 Å². The molecule has 3 rings (SSSR count). The zero-order valence-electron chi connectivity index (χ0n) is 18.7. The lowest BCUT2D eigenvalue weighted by Gasteiger charge is -2.27. The molecule has 1 aromatic heterocycles. The molecule has 1 amide bonds. The van der Waals surface area contributed by atoms with Gasteiger partial charge < -0.3 is 20.9 Å². The van der Waals surface area contributed by atoms with Gasteiger partial charge in [0.15, 0.2) is 5.96 Å². The molecule has 2 aromatic rings. The van der Waals surface area contributed by atoms with Gasteiger partial charge in [0.25, 0.3) is 5.91 Å². The van der Waals surface area contributed by atoms with Crippen LogP contribution in [0.3, 0.4) is 0 Å². The molecule has 0 bridgehead atoms. The highest BCUT2D eigenvalue weighted by atomic mass is 16.1. The first-order valence-corrected chi connectivity index (χ1v) is 11.2. The summed E-state index contributed by atoms with van der Waals surface area (Å²) in [6.45, 7) is 6.37. The Labute approximate surface area is 185 Å². The van der Waals surface area contributed by atoms with E-state index in [0.717, 1.165) is 55.5 Å². The van der Waals surface area contributed by atoms with E-state index in [2.05, 4.69) is 38.8 Å². The number of hydrogen-bond donors (Lipinski definition) is 3. The highest BCUT2D eigenvalue weighted by molar-refractivity contribution is 5.94. The molecule has 3 N–H and O–H groups in total. The predicted octanol–water partition coefficient (Wildman–Crippen LogP) is 2.73. The van der Waals surface area contributed by atoms with Crippen molar-refractivity contribution >= 4 is 17.7 Å². The lowest BCUT2D eigenvalue weighted by molar-refractivity contribution is 0.0963. The molecule has 0 saturated carbocycles. The van der Waals surface area contributed by atoms with Crippen LogP contribution in [0.15, 0.2) is 47.6 Å². The van der Waals surface area contributed by atoms with Crippen molar-refractivity contribution in [1.82, 2.24) is 20.9 Å². The van der Waals surface area contributed by atoms with Crippen LogP contribution in [0.4, 0.5) is 5.82 Å². The molecule has 7 nitrogen and oxygen atoms in total. The lowest BCUT2D eigenvalue weighted by atomic mass is 10.1. The number of hydrogen-bond acceptors (Lipinski definition) is 4. The minimum absolute atomic E-state index is 0.0639. The molecule has 2 heterocycles. The number of aromatic nitrogens is 1. The zero-order valence-corrected chi connectivity index (χ0v) is 18.7. The molecule has 0 radical (unpaired) electrons. The number of rotatable bonds is 8. The second-order valence-corrected chi connectivity index (χ2v) is 7.72. The lowest BCUT2D eigenvalue weighted by Crippen LogP contribution is -2.38. The third-order valence-electron chi connectivity index (χ3n) is 5.38. The number of amides is 1. The molecule has 1 aromatic carbocycles. The van der Waals surface area contributed by atoms with Gasteiger partial charge in [-0.3, -0.25) is 4.79 Å². The largest absolute Gasteiger partial charge is 0.357 e. The van der Waals surface area contributed by atoms with Gasteiger partial charge in [-0.1, -0.05) is 12.1 Å². The summed E-state index contributed by atoms with van der Waals surface area (Å²) in [7, 11) is 1.65. The summed E-state index contributed by atoms with van der Waals surface area (Å²) in [5.74, 6) is 1.79. The second-order valence-electron chi connectivity index (χ2n) is 7.72. The van der Waals surface area contributed by atoms with Gasteiger partial charge in [0, 0.05) is 45.0 Å². The number of carbonyl (C=O) groups is 1. The maximum absolute atomic E-state index is 11.8. The monoisotopic (exact) mass is 422 g/mol. The van der Waals surface area contributed by atoms with Crippen LogP contribution in [0, 0.1) is 0 Å². The van der Waals surface area contributed by atoms with E-state index < -0.39 is 0 Å². The number of anilines is 1. The topological polar surface area (TPSA) is 81.7 Å². The fraction of sp³-hybridized carbons (Fsp3) is 0.458. The van der Waals surface area contributed by atoms with E-state index in [1.807, 2.05) is 36.5 Å². The average Bonchev–Trinajstić information content (AvgIpc) is 2.83. The van der Waals surface area contributed by atoms with Gasteiger partial charge in [0.05, 0.1) is 6.54 Å². The molecular weight excluding hydrogens is 388 g/mol. The number of pyridine rings is 1. The number of carbonyl (C=O) groups excluding carboxylic acids is 1. The molecule has 0 spiro atoms. The Hall–Kier alpha value is -3.09. The Bertz CT molecular complexity index is 876. The maximum Gasteiger partial charge on any atom is 0.251 e. The van der Waals surface area contributed by atoms with Crippen molar-refractivity contribution in [3.05, 3.63) is 59.3 Å². The van der Waals surface area contributed by atoms with E-state index in [1.54, 1.807) is 7.05 Å². The number of aliphatic imine (C=N–C) groups is 1. The van der Waals surface area contributed by atoms with Crippen molar-refractivity contribution in [3.8, 4) is 0 Å². The average molecular weight is 423 g/mol. The van der Waals surface area contributed by atoms with Gasteiger partial charge in [-0.05, 0) is 68.0 Å². The van der Waals surface area contributed by atoms with Crippen LogP contribution in [-0.4, -0.2) is 50.1 Å². The highest BCUT2D eigenvalue weighted by Crippen LogP contribution is 2.18. The molecule has 0 unspecified atom stereocenters. The quantitative estimate of drug-likeness (QED) is 0.450. The number of nitrogens with one attached hydrogen (secondary N) is 3. The van der Waals surface area contributed by atoms with Gasteiger partial charge >= 0.3 is 0 Å².